The van der Waals surface area contributed by atoms with Gasteiger partial charge in [-0.1, -0.05) is 42.5 Å². The summed E-state index contributed by atoms with van der Waals surface area (Å²) in [6.07, 6.45) is 3.29. The Morgan fingerprint density at radius 3 is 2.58 bits per heavy atom. The molecule has 0 aliphatic carbocycles. The molecule has 0 aliphatic rings. The van der Waals surface area contributed by atoms with E-state index in [1.165, 1.54) is 17.8 Å². The van der Waals surface area contributed by atoms with Gasteiger partial charge in [0.15, 0.2) is 5.78 Å². The zero-order valence-corrected chi connectivity index (χ0v) is 18.4. The van der Waals surface area contributed by atoms with Crippen molar-refractivity contribution < 1.29 is 14.3 Å². The average molecular weight is 444 g/mol. The van der Waals surface area contributed by atoms with Crippen molar-refractivity contribution in [2.24, 2.45) is 0 Å². The van der Waals surface area contributed by atoms with Gasteiger partial charge in [0.05, 0.1) is 19.5 Å². The summed E-state index contributed by atoms with van der Waals surface area (Å²) in [6.45, 7) is 2.11. The van der Waals surface area contributed by atoms with Crippen LogP contribution in [0.1, 0.15) is 17.3 Å². The van der Waals surface area contributed by atoms with E-state index in [1.807, 2.05) is 30.3 Å². The second-order valence-electron chi connectivity index (χ2n) is 7.65. The fraction of sp³-hybridized carbons (Fsp3) is 0.200. The number of methoxy groups -OCH3 is 1. The smallest absolute Gasteiger partial charge is 0.277 e. The van der Waals surface area contributed by atoms with Crippen LogP contribution in [0.3, 0.4) is 0 Å². The van der Waals surface area contributed by atoms with Crippen LogP contribution in [-0.2, 0) is 22.6 Å². The molecular weight excluding hydrogens is 420 g/mol. The number of nitrogens with zero attached hydrogens (tertiary/aromatic N) is 3. The highest BCUT2D eigenvalue weighted by atomic mass is 16.5. The number of Topliss-reactive ketones (excluding diaryl/α,β-unsaturated/α-hetero) is 1. The molecule has 8 nitrogen and oxygen atoms in total. The van der Waals surface area contributed by atoms with Gasteiger partial charge in [0.1, 0.15) is 17.6 Å². The van der Waals surface area contributed by atoms with Crippen LogP contribution < -0.4 is 10.9 Å². The van der Waals surface area contributed by atoms with Gasteiger partial charge < -0.3 is 14.6 Å². The van der Waals surface area contributed by atoms with E-state index in [4.69, 9.17) is 4.74 Å². The fourth-order valence-electron chi connectivity index (χ4n) is 3.69. The van der Waals surface area contributed by atoms with Crippen molar-refractivity contribution in [3.8, 4) is 11.1 Å². The second-order valence-corrected chi connectivity index (χ2v) is 7.65. The highest BCUT2D eigenvalue weighted by molar-refractivity contribution is 5.98. The van der Waals surface area contributed by atoms with Gasteiger partial charge >= 0.3 is 0 Å². The molecule has 0 aliphatic heterocycles. The summed E-state index contributed by atoms with van der Waals surface area (Å²) in [6, 6.07) is 16.3. The molecule has 0 fully saturated rings. The van der Waals surface area contributed by atoms with Crippen LogP contribution >= 0.6 is 0 Å². The summed E-state index contributed by atoms with van der Waals surface area (Å²) in [5.74, 6) is -0.406. The standard InChI is InChI=1S/C25H24N4O4/c1-17(30)19-9-6-10-20(13-19)27-22(31)15-29-14-21(18-7-4-3-5-8-18)23-24(29)25(32)28(16-26-23)11-12-33-2/h3-10,13-14,16H,11-12,15H2,1-2H3,(H,27,31). The first-order valence-corrected chi connectivity index (χ1v) is 10.5. The zero-order chi connectivity index (χ0) is 23.4. The van der Waals surface area contributed by atoms with Gasteiger partial charge in [-0.15, -0.1) is 0 Å². The summed E-state index contributed by atoms with van der Waals surface area (Å²) < 4.78 is 8.20. The largest absolute Gasteiger partial charge is 0.383 e. The molecule has 0 radical (unpaired) electrons. The Balaban J connectivity index is 1.72. The molecule has 0 bridgehead atoms. The first kappa shape index (κ1) is 22.2. The Bertz CT molecular complexity index is 1370. The lowest BCUT2D eigenvalue weighted by Gasteiger charge is -2.09. The molecule has 2 aromatic carbocycles. The van der Waals surface area contributed by atoms with Gasteiger partial charge in [-0.3, -0.25) is 19.0 Å². The van der Waals surface area contributed by atoms with Gasteiger partial charge in [0, 0.05) is 30.1 Å². The minimum absolute atomic E-state index is 0.0845. The minimum Gasteiger partial charge on any atom is -0.383 e. The number of carbonyl (C=O) groups excluding carboxylic acids is 2. The number of anilines is 1. The summed E-state index contributed by atoms with van der Waals surface area (Å²) in [5.41, 5.74) is 3.33. The van der Waals surface area contributed by atoms with E-state index in [2.05, 4.69) is 10.3 Å². The monoisotopic (exact) mass is 444 g/mol. The van der Waals surface area contributed by atoms with E-state index in [9.17, 15) is 14.4 Å². The Hall–Kier alpha value is -4.04. The van der Waals surface area contributed by atoms with Gasteiger partial charge in [-0.25, -0.2) is 4.98 Å². The van der Waals surface area contributed by atoms with Crippen molar-refractivity contribution in [1.82, 2.24) is 14.1 Å². The molecule has 2 aromatic heterocycles. The van der Waals surface area contributed by atoms with Gasteiger partial charge in [0.25, 0.3) is 5.56 Å². The number of fused-ring (bicyclic) bond motifs is 1. The van der Waals surface area contributed by atoms with E-state index < -0.39 is 0 Å². The Morgan fingerprint density at radius 1 is 1.06 bits per heavy atom. The molecule has 4 rings (SSSR count). The SMILES string of the molecule is COCCn1cnc2c(-c3ccccc3)cn(CC(=O)Nc3cccc(C(C)=O)c3)c2c1=O. The van der Waals surface area contributed by atoms with Crippen LogP contribution in [-0.4, -0.2) is 39.5 Å². The summed E-state index contributed by atoms with van der Waals surface area (Å²) in [4.78, 5) is 42.3. The van der Waals surface area contributed by atoms with Crippen molar-refractivity contribution in [2.75, 3.05) is 19.0 Å². The second kappa shape index (κ2) is 9.62. The van der Waals surface area contributed by atoms with Gasteiger partial charge in [-0.05, 0) is 24.6 Å². The molecule has 4 aromatic rings. The molecule has 0 saturated carbocycles. The van der Waals surface area contributed by atoms with E-state index in [0.29, 0.717) is 35.4 Å². The van der Waals surface area contributed by atoms with E-state index in [0.717, 1.165) is 11.1 Å². The molecule has 1 N–H and O–H groups in total. The lowest BCUT2D eigenvalue weighted by molar-refractivity contribution is -0.116. The first-order valence-electron chi connectivity index (χ1n) is 10.5. The maximum atomic E-state index is 13.2. The fourth-order valence-corrected chi connectivity index (χ4v) is 3.69. The molecule has 0 spiro atoms. The number of nitrogens with one attached hydrogen (secondary N) is 1. The maximum absolute atomic E-state index is 13.2. The van der Waals surface area contributed by atoms with Crippen LogP contribution in [0.4, 0.5) is 5.69 Å². The van der Waals surface area contributed by atoms with Crippen LogP contribution in [0, 0.1) is 0 Å². The third-order valence-corrected chi connectivity index (χ3v) is 5.33. The van der Waals surface area contributed by atoms with Crippen LogP contribution in [0.5, 0.6) is 0 Å². The van der Waals surface area contributed by atoms with Gasteiger partial charge in [0.2, 0.25) is 5.91 Å². The number of amides is 1. The number of carbonyl (C=O) groups is 2. The van der Waals surface area contributed by atoms with Crippen LogP contribution in [0.25, 0.3) is 22.2 Å². The third-order valence-electron chi connectivity index (χ3n) is 5.33. The van der Waals surface area contributed by atoms with E-state index >= 15 is 0 Å². The Kier molecular flexibility index (Phi) is 6.46. The molecule has 168 valence electrons. The predicted octanol–water partition coefficient (Wildman–Crippen LogP) is 3.35. The number of rotatable bonds is 8. The molecular formula is C25H24N4O4. The van der Waals surface area contributed by atoms with Crippen molar-refractivity contribution >= 4 is 28.4 Å². The van der Waals surface area contributed by atoms with Crippen molar-refractivity contribution in [1.29, 1.82) is 0 Å². The average Bonchev–Trinajstić information content (AvgIpc) is 3.18. The quantitative estimate of drug-likeness (QED) is 0.421. The highest BCUT2D eigenvalue weighted by Gasteiger charge is 2.18. The van der Waals surface area contributed by atoms with E-state index in [1.54, 1.807) is 42.1 Å². The molecule has 0 saturated heterocycles. The molecule has 2 heterocycles. The van der Waals surface area contributed by atoms with Crippen molar-refractivity contribution in [3.05, 3.63) is 83.0 Å². The summed E-state index contributed by atoms with van der Waals surface area (Å²) in [5, 5.41) is 2.81. The minimum atomic E-state index is -0.320. The topological polar surface area (TPSA) is 95.2 Å². The Morgan fingerprint density at radius 2 is 1.85 bits per heavy atom. The van der Waals surface area contributed by atoms with Crippen molar-refractivity contribution in [3.63, 3.8) is 0 Å². The number of ketones is 1. The maximum Gasteiger partial charge on any atom is 0.277 e. The Labute approximate surface area is 190 Å². The lowest BCUT2D eigenvalue weighted by Crippen LogP contribution is -2.26. The zero-order valence-electron chi connectivity index (χ0n) is 18.4. The van der Waals surface area contributed by atoms with Crippen LogP contribution in [0.2, 0.25) is 0 Å². The van der Waals surface area contributed by atoms with Gasteiger partial charge in [-0.2, -0.15) is 0 Å². The molecule has 0 atom stereocenters. The molecule has 8 heteroatoms. The number of benzene rings is 2. The highest BCUT2D eigenvalue weighted by Crippen LogP contribution is 2.27. The third kappa shape index (κ3) is 4.75. The number of hydrogen-bond acceptors (Lipinski definition) is 5. The lowest BCUT2D eigenvalue weighted by atomic mass is 10.1. The number of aromatic nitrogens is 3. The predicted molar refractivity (Wildman–Crippen MR) is 126 cm³/mol. The van der Waals surface area contributed by atoms with Crippen LogP contribution in [0.15, 0.2) is 71.9 Å². The number of hydrogen-bond donors (Lipinski definition) is 1. The van der Waals surface area contributed by atoms with E-state index in [-0.39, 0.29) is 23.8 Å². The summed E-state index contributed by atoms with van der Waals surface area (Å²) in [7, 11) is 1.57. The molecule has 1 amide bonds. The first-order chi connectivity index (χ1) is 16.0. The molecule has 33 heavy (non-hydrogen) atoms. The number of ether oxygens (including phenoxy) is 1. The molecule has 0 unspecified atom stereocenters. The normalized spacial score (nSPS) is 11.0. The summed E-state index contributed by atoms with van der Waals surface area (Å²) >= 11 is 0. The van der Waals surface area contributed by atoms with Crippen molar-refractivity contribution in [2.45, 2.75) is 20.0 Å².